The molecule has 1 amide bonds. The van der Waals surface area contributed by atoms with Crippen LogP contribution >= 0.6 is 0 Å². The van der Waals surface area contributed by atoms with E-state index >= 15 is 0 Å². The molecule has 1 aromatic heterocycles. The second-order valence-corrected chi connectivity index (χ2v) is 7.85. The fraction of sp³-hybridized carbons (Fsp3) is 0.524. The molecule has 1 fully saturated rings. The van der Waals surface area contributed by atoms with Crippen LogP contribution in [-0.2, 0) is 19.9 Å². The minimum atomic E-state index is -0.616. The van der Waals surface area contributed by atoms with E-state index in [0.29, 0.717) is 31.0 Å². The summed E-state index contributed by atoms with van der Waals surface area (Å²) in [5, 5.41) is 15.0. The fourth-order valence-corrected chi connectivity index (χ4v) is 3.83. The van der Waals surface area contributed by atoms with Crippen molar-refractivity contribution in [3.63, 3.8) is 0 Å². The molecular formula is C21H28FN3O2. The van der Waals surface area contributed by atoms with Crippen LogP contribution in [0.5, 0.6) is 0 Å². The summed E-state index contributed by atoms with van der Waals surface area (Å²) in [6, 6.07) is 7.84. The Morgan fingerprint density at radius 3 is 2.85 bits per heavy atom. The van der Waals surface area contributed by atoms with Crippen molar-refractivity contribution >= 4 is 5.91 Å². The summed E-state index contributed by atoms with van der Waals surface area (Å²) in [6.07, 6.45) is 2.03. The molecule has 27 heavy (non-hydrogen) atoms. The Morgan fingerprint density at radius 1 is 1.37 bits per heavy atom. The van der Waals surface area contributed by atoms with Crippen molar-refractivity contribution in [1.82, 2.24) is 14.7 Å². The highest BCUT2D eigenvalue weighted by Gasteiger charge is 2.35. The van der Waals surface area contributed by atoms with Gasteiger partial charge in [-0.25, -0.2) is 4.39 Å². The molecule has 146 valence electrons. The predicted molar refractivity (Wildman–Crippen MR) is 102 cm³/mol. The van der Waals surface area contributed by atoms with Gasteiger partial charge >= 0.3 is 0 Å². The number of likely N-dealkylation sites (tertiary alicyclic amines) is 1. The summed E-state index contributed by atoms with van der Waals surface area (Å²) >= 11 is 0. The van der Waals surface area contributed by atoms with Crippen molar-refractivity contribution in [2.24, 2.45) is 13.0 Å². The summed E-state index contributed by atoms with van der Waals surface area (Å²) in [4.78, 5) is 14.9. The van der Waals surface area contributed by atoms with E-state index in [1.807, 2.05) is 12.1 Å². The minimum absolute atomic E-state index is 0.125. The highest BCUT2D eigenvalue weighted by molar-refractivity contribution is 5.93. The molecule has 0 spiro atoms. The Hall–Kier alpha value is -2.21. The number of carbonyl (C=O) groups is 1. The van der Waals surface area contributed by atoms with Gasteiger partial charge in [0.25, 0.3) is 5.91 Å². The summed E-state index contributed by atoms with van der Waals surface area (Å²) in [6.45, 7) is 4.82. The number of aromatic nitrogens is 2. The van der Waals surface area contributed by atoms with E-state index in [1.54, 1.807) is 22.7 Å². The van der Waals surface area contributed by atoms with Crippen LogP contribution in [0.25, 0.3) is 0 Å². The molecule has 1 N–H and O–H groups in total. The fourth-order valence-electron chi connectivity index (χ4n) is 3.83. The molecule has 0 radical (unpaired) electrons. The topological polar surface area (TPSA) is 58.4 Å². The Morgan fingerprint density at radius 2 is 2.15 bits per heavy atom. The minimum Gasteiger partial charge on any atom is -0.391 e. The first kappa shape index (κ1) is 19.5. The van der Waals surface area contributed by atoms with Gasteiger partial charge in [-0.15, -0.1) is 0 Å². The molecule has 1 aliphatic rings. The lowest BCUT2D eigenvalue weighted by molar-refractivity contribution is 0.0112. The molecule has 0 saturated carbocycles. The molecule has 1 aromatic carbocycles. The zero-order valence-corrected chi connectivity index (χ0v) is 16.2. The number of rotatable bonds is 5. The van der Waals surface area contributed by atoms with Crippen LogP contribution in [0, 0.1) is 11.7 Å². The van der Waals surface area contributed by atoms with Gasteiger partial charge in [0.2, 0.25) is 0 Å². The van der Waals surface area contributed by atoms with Gasteiger partial charge in [0, 0.05) is 13.6 Å². The molecule has 2 aromatic rings. The van der Waals surface area contributed by atoms with Gasteiger partial charge in [-0.2, -0.15) is 5.10 Å². The normalized spacial score (nSPS) is 20.3. The van der Waals surface area contributed by atoms with Crippen molar-refractivity contribution < 1.29 is 14.3 Å². The molecule has 6 heteroatoms. The van der Waals surface area contributed by atoms with Crippen molar-refractivity contribution in [3.05, 3.63) is 53.1 Å². The number of carbonyl (C=O) groups excluding carboxylic acids is 1. The molecule has 1 saturated heterocycles. The van der Waals surface area contributed by atoms with Crippen LogP contribution < -0.4 is 0 Å². The monoisotopic (exact) mass is 373 g/mol. The summed E-state index contributed by atoms with van der Waals surface area (Å²) in [7, 11) is 1.78. The summed E-state index contributed by atoms with van der Waals surface area (Å²) in [5.41, 5.74) is 2.21. The smallest absolute Gasteiger partial charge is 0.272 e. The van der Waals surface area contributed by atoms with Crippen LogP contribution in [0.15, 0.2) is 30.3 Å². The third kappa shape index (κ3) is 4.56. The number of aryl methyl sites for hydroxylation is 1. The maximum atomic E-state index is 13.5. The number of nitrogens with zero attached hydrogens (tertiary/aromatic N) is 3. The summed E-state index contributed by atoms with van der Waals surface area (Å²) < 4.78 is 15.2. The average molecular weight is 373 g/mol. The zero-order valence-electron chi connectivity index (χ0n) is 16.2. The molecule has 0 bridgehead atoms. The second-order valence-electron chi connectivity index (χ2n) is 7.85. The van der Waals surface area contributed by atoms with Gasteiger partial charge in [0.1, 0.15) is 11.5 Å². The van der Waals surface area contributed by atoms with Crippen molar-refractivity contribution in [3.8, 4) is 0 Å². The molecule has 2 atom stereocenters. The number of aliphatic hydroxyl groups is 1. The largest absolute Gasteiger partial charge is 0.391 e. The highest BCUT2D eigenvalue weighted by Crippen LogP contribution is 2.24. The van der Waals surface area contributed by atoms with Gasteiger partial charge in [0.15, 0.2) is 0 Å². The molecule has 1 aliphatic heterocycles. The van der Waals surface area contributed by atoms with Crippen molar-refractivity contribution in [2.75, 3.05) is 6.54 Å². The highest BCUT2D eigenvalue weighted by atomic mass is 19.1. The first-order chi connectivity index (χ1) is 12.8. The maximum Gasteiger partial charge on any atom is 0.272 e. The van der Waals surface area contributed by atoms with Crippen LogP contribution in [0.1, 0.15) is 48.4 Å². The molecule has 0 unspecified atom stereocenters. The lowest BCUT2D eigenvalue weighted by Gasteiger charge is -2.39. The number of benzene rings is 1. The third-order valence-corrected chi connectivity index (χ3v) is 5.11. The van der Waals surface area contributed by atoms with Crippen molar-refractivity contribution in [1.29, 1.82) is 0 Å². The Kier molecular flexibility index (Phi) is 5.95. The van der Waals surface area contributed by atoms with Gasteiger partial charge in [0.05, 0.1) is 17.8 Å². The SMILES string of the molecule is CC(C)Cc1cc(C(=O)N2CCC[C@H](O)[C@@H]2Cc2cccc(F)c2)n(C)n1. The Balaban J connectivity index is 1.83. The quantitative estimate of drug-likeness (QED) is 0.877. The lowest BCUT2D eigenvalue weighted by atomic mass is 9.92. The Bertz CT molecular complexity index is 802. The van der Waals surface area contributed by atoms with Crippen LogP contribution in [-0.4, -0.2) is 44.4 Å². The van der Waals surface area contributed by atoms with E-state index in [4.69, 9.17) is 0 Å². The molecule has 0 aliphatic carbocycles. The predicted octanol–water partition coefficient (Wildman–Crippen LogP) is 2.97. The van der Waals surface area contributed by atoms with E-state index < -0.39 is 6.10 Å². The molecule has 5 nitrogen and oxygen atoms in total. The molecular weight excluding hydrogens is 345 g/mol. The van der Waals surface area contributed by atoms with Crippen LogP contribution in [0.4, 0.5) is 4.39 Å². The average Bonchev–Trinajstić information content (AvgIpc) is 2.95. The lowest BCUT2D eigenvalue weighted by Crippen LogP contribution is -2.52. The van der Waals surface area contributed by atoms with E-state index in [-0.39, 0.29) is 17.8 Å². The first-order valence-corrected chi connectivity index (χ1v) is 9.61. The van der Waals surface area contributed by atoms with E-state index in [0.717, 1.165) is 24.1 Å². The van der Waals surface area contributed by atoms with Gasteiger partial charge in [-0.05, 0) is 55.4 Å². The van der Waals surface area contributed by atoms with E-state index in [9.17, 15) is 14.3 Å². The third-order valence-electron chi connectivity index (χ3n) is 5.11. The number of amides is 1. The van der Waals surface area contributed by atoms with E-state index in [1.165, 1.54) is 12.1 Å². The number of piperidine rings is 1. The maximum absolute atomic E-state index is 13.5. The van der Waals surface area contributed by atoms with Gasteiger partial charge in [-0.3, -0.25) is 9.48 Å². The summed E-state index contributed by atoms with van der Waals surface area (Å²) in [5.74, 6) is 0.0289. The Labute approximate surface area is 159 Å². The second kappa shape index (κ2) is 8.21. The van der Waals surface area contributed by atoms with Crippen LogP contribution in [0.2, 0.25) is 0 Å². The molecule has 2 heterocycles. The number of aliphatic hydroxyl groups excluding tert-OH is 1. The van der Waals surface area contributed by atoms with Crippen LogP contribution in [0.3, 0.4) is 0 Å². The van der Waals surface area contributed by atoms with Crippen molar-refractivity contribution in [2.45, 2.75) is 51.7 Å². The zero-order chi connectivity index (χ0) is 19.6. The number of halogens is 1. The van der Waals surface area contributed by atoms with E-state index in [2.05, 4.69) is 18.9 Å². The standard InChI is InChI=1S/C21H28FN3O2/c1-14(2)10-17-13-19(24(3)23-17)21(27)25-9-5-8-20(26)18(25)12-15-6-4-7-16(22)11-15/h4,6-7,11,13-14,18,20,26H,5,8-10,12H2,1-3H3/t18-,20-/m0/s1. The number of hydrogen-bond donors (Lipinski definition) is 1. The van der Waals surface area contributed by atoms with Gasteiger partial charge in [-0.1, -0.05) is 26.0 Å². The number of hydrogen-bond acceptors (Lipinski definition) is 3. The first-order valence-electron chi connectivity index (χ1n) is 9.61. The molecule has 3 rings (SSSR count). The van der Waals surface area contributed by atoms with Gasteiger partial charge < -0.3 is 10.0 Å².